The van der Waals surface area contributed by atoms with E-state index in [4.69, 9.17) is 4.74 Å². The van der Waals surface area contributed by atoms with E-state index in [1.165, 1.54) is 17.6 Å². The molecule has 0 radical (unpaired) electrons. The fraction of sp³-hybridized carbons (Fsp3) is 0.412. The molecule has 5 heteroatoms. The van der Waals surface area contributed by atoms with Crippen LogP contribution in [-0.2, 0) is 4.74 Å². The molecular weight excluding hydrogens is 296 g/mol. The maximum atomic E-state index is 11.5. The lowest BCUT2D eigenvalue weighted by molar-refractivity contribution is 0.0600. The number of benzene rings is 1. The monoisotopic (exact) mass is 316 g/mol. The number of nitrogens with one attached hydrogen (secondary N) is 1. The third-order valence-corrected chi connectivity index (χ3v) is 5.23. The van der Waals surface area contributed by atoms with Crippen molar-refractivity contribution in [1.82, 2.24) is 9.69 Å². The van der Waals surface area contributed by atoms with E-state index in [0.29, 0.717) is 17.5 Å². The Bertz CT molecular complexity index is 651. The van der Waals surface area contributed by atoms with E-state index in [-0.39, 0.29) is 5.97 Å². The standard InChI is InChI=1S/C17H20N2O2S/c1-11-9-16(22-19-11)14-7-8-18-15(10-14)12-3-5-13(6-4-12)17(20)21-2/h3-6,9,14-15,18H,7-8,10H2,1-2H3/t14?,15-/m0/s1. The summed E-state index contributed by atoms with van der Waals surface area (Å²) in [6.45, 7) is 3.05. The molecular formula is C17H20N2O2S. The minimum absolute atomic E-state index is 0.291. The van der Waals surface area contributed by atoms with Crippen molar-refractivity contribution in [3.8, 4) is 0 Å². The number of nitrogens with zero attached hydrogens (tertiary/aromatic N) is 1. The lowest BCUT2D eigenvalue weighted by Crippen LogP contribution is -2.30. The van der Waals surface area contributed by atoms with Crippen LogP contribution in [0.1, 0.15) is 51.3 Å². The Morgan fingerprint density at radius 3 is 2.77 bits per heavy atom. The first kappa shape index (κ1) is 15.2. The highest BCUT2D eigenvalue weighted by molar-refractivity contribution is 7.05. The third-order valence-electron chi connectivity index (χ3n) is 4.19. The molecule has 2 atom stereocenters. The number of piperidine rings is 1. The van der Waals surface area contributed by atoms with Crippen LogP contribution >= 0.6 is 11.5 Å². The topological polar surface area (TPSA) is 51.2 Å². The smallest absolute Gasteiger partial charge is 0.337 e. The predicted octanol–water partition coefficient (Wildman–Crippen LogP) is 3.45. The first-order chi connectivity index (χ1) is 10.7. The van der Waals surface area contributed by atoms with Crippen LogP contribution in [0, 0.1) is 6.92 Å². The maximum absolute atomic E-state index is 11.5. The summed E-state index contributed by atoms with van der Waals surface area (Å²) >= 11 is 1.62. The normalized spacial score (nSPS) is 21.5. The third kappa shape index (κ3) is 3.20. The van der Waals surface area contributed by atoms with Gasteiger partial charge in [0.2, 0.25) is 0 Å². The number of hydrogen-bond donors (Lipinski definition) is 1. The van der Waals surface area contributed by atoms with Crippen LogP contribution < -0.4 is 5.32 Å². The van der Waals surface area contributed by atoms with Gasteiger partial charge in [0, 0.05) is 10.9 Å². The Hall–Kier alpha value is -1.72. The van der Waals surface area contributed by atoms with Gasteiger partial charge in [-0.1, -0.05) is 12.1 Å². The molecule has 1 N–H and O–H groups in total. The number of aryl methyl sites for hydroxylation is 1. The second-order valence-electron chi connectivity index (χ2n) is 5.71. The van der Waals surface area contributed by atoms with Gasteiger partial charge in [0.25, 0.3) is 0 Å². The number of rotatable bonds is 3. The van der Waals surface area contributed by atoms with Gasteiger partial charge in [0.1, 0.15) is 0 Å². The van der Waals surface area contributed by atoms with E-state index in [1.807, 2.05) is 31.2 Å². The van der Waals surface area contributed by atoms with Gasteiger partial charge in [-0.15, -0.1) is 0 Å². The zero-order chi connectivity index (χ0) is 15.5. The van der Waals surface area contributed by atoms with Crippen LogP contribution in [0.3, 0.4) is 0 Å². The molecule has 1 aromatic heterocycles. The molecule has 0 amide bonds. The first-order valence-electron chi connectivity index (χ1n) is 7.52. The fourth-order valence-electron chi connectivity index (χ4n) is 2.97. The van der Waals surface area contributed by atoms with E-state index in [0.717, 1.165) is 25.1 Å². The molecule has 2 aromatic rings. The van der Waals surface area contributed by atoms with Crippen molar-refractivity contribution >= 4 is 17.5 Å². The SMILES string of the molecule is COC(=O)c1ccc([C@@H]2CC(c3cc(C)ns3)CCN2)cc1. The summed E-state index contributed by atoms with van der Waals surface area (Å²) in [5.74, 6) is 0.277. The molecule has 0 spiro atoms. The summed E-state index contributed by atoms with van der Waals surface area (Å²) in [4.78, 5) is 12.9. The van der Waals surface area contributed by atoms with Crippen molar-refractivity contribution in [2.75, 3.05) is 13.7 Å². The number of carbonyl (C=O) groups excluding carboxylic acids is 1. The quantitative estimate of drug-likeness (QED) is 0.881. The molecule has 0 saturated carbocycles. The minimum Gasteiger partial charge on any atom is -0.465 e. The Balaban J connectivity index is 1.73. The predicted molar refractivity (Wildman–Crippen MR) is 87.4 cm³/mol. The Labute approximate surface area is 134 Å². The summed E-state index contributed by atoms with van der Waals surface area (Å²) in [6, 6.07) is 10.2. The van der Waals surface area contributed by atoms with Crippen LogP contribution in [0.2, 0.25) is 0 Å². The molecule has 1 aromatic carbocycles. The fourth-order valence-corrected chi connectivity index (χ4v) is 3.86. The largest absolute Gasteiger partial charge is 0.465 e. The lowest BCUT2D eigenvalue weighted by Gasteiger charge is -2.30. The van der Waals surface area contributed by atoms with Crippen molar-refractivity contribution in [2.24, 2.45) is 0 Å². The molecule has 1 aliphatic rings. The van der Waals surface area contributed by atoms with Crippen LogP contribution in [0.5, 0.6) is 0 Å². The maximum Gasteiger partial charge on any atom is 0.337 e. The number of methoxy groups -OCH3 is 1. The van der Waals surface area contributed by atoms with Gasteiger partial charge in [-0.3, -0.25) is 0 Å². The van der Waals surface area contributed by atoms with Crippen LogP contribution in [0.15, 0.2) is 30.3 Å². The second-order valence-corrected chi connectivity index (χ2v) is 6.55. The summed E-state index contributed by atoms with van der Waals surface area (Å²) < 4.78 is 9.14. The Morgan fingerprint density at radius 1 is 1.36 bits per heavy atom. The number of esters is 1. The van der Waals surface area contributed by atoms with Crippen molar-refractivity contribution in [3.63, 3.8) is 0 Å². The first-order valence-corrected chi connectivity index (χ1v) is 8.29. The highest BCUT2D eigenvalue weighted by atomic mass is 32.1. The highest BCUT2D eigenvalue weighted by Gasteiger charge is 2.25. The average Bonchev–Trinajstić information content (AvgIpc) is 3.01. The summed E-state index contributed by atoms with van der Waals surface area (Å²) in [7, 11) is 1.40. The van der Waals surface area contributed by atoms with Gasteiger partial charge in [0.05, 0.1) is 18.4 Å². The number of aromatic nitrogens is 1. The van der Waals surface area contributed by atoms with E-state index in [1.54, 1.807) is 11.5 Å². The van der Waals surface area contributed by atoms with E-state index in [9.17, 15) is 4.79 Å². The zero-order valence-electron chi connectivity index (χ0n) is 12.8. The molecule has 1 saturated heterocycles. The van der Waals surface area contributed by atoms with Gasteiger partial charge >= 0.3 is 5.97 Å². The summed E-state index contributed by atoms with van der Waals surface area (Å²) in [6.07, 6.45) is 2.22. The molecule has 1 fully saturated rings. The molecule has 4 nitrogen and oxygen atoms in total. The van der Waals surface area contributed by atoms with E-state index in [2.05, 4.69) is 15.8 Å². The molecule has 0 aliphatic carbocycles. The minimum atomic E-state index is -0.291. The van der Waals surface area contributed by atoms with Crippen molar-refractivity contribution in [1.29, 1.82) is 0 Å². The molecule has 3 rings (SSSR count). The van der Waals surface area contributed by atoms with Crippen LogP contribution in [-0.4, -0.2) is 24.0 Å². The van der Waals surface area contributed by atoms with Crippen molar-refractivity contribution < 1.29 is 9.53 Å². The van der Waals surface area contributed by atoms with Crippen molar-refractivity contribution in [2.45, 2.75) is 31.7 Å². The number of hydrogen-bond acceptors (Lipinski definition) is 5. The van der Waals surface area contributed by atoms with Gasteiger partial charge in [-0.25, -0.2) is 4.79 Å². The Kier molecular flexibility index (Phi) is 4.55. The van der Waals surface area contributed by atoms with Gasteiger partial charge < -0.3 is 10.1 Å². The molecule has 1 aliphatic heterocycles. The average molecular weight is 316 g/mol. The highest BCUT2D eigenvalue weighted by Crippen LogP contribution is 2.36. The van der Waals surface area contributed by atoms with Gasteiger partial charge in [-0.05, 0) is 67.5 Å². The summed E-state index contributed by atoms with van der Waals surface area (Å²) in [5, 5.41) is 3.57. The van der Waals surface area contributed by atoms with Crippen LogP contribution in [0.4, 0.5) is 0 Å². The number of ether oxygens (including phenoxy) is 1. The van der Waals surface area contributed by atoms with Gasteiger partial charge in [-0.2, -0.15) is 4.37 Å². The van der Waals surface area contributed by atoms with E-state index >= 15 is 0 Å². The van der Waals surface area contributed by atoms with Crippen LogP contribution in [0.25, 0.3) is 0 Å². The molecule has 2 heterocycles. The second kappa shape index (κ2) is 6.58. The number of carbonyl (C=O) groups is 1. The molecule has 1 unspecified atom stereocenters. The lowest BCUT2D eigenvalue weighted by atomic mass is 9.87. The van der Waals surface area contributed by atoms with Gasteiger partial charge in [0.15, 0.2) is 0 Å². The summed E-state index contributed by atoms with van der Waals surface area (Å²) in [5.41, 5.74) is 2.92. The molecule has 0 bridgehead atoms. The molecule has 22 heavy (non-hydrogen) atoms. The van der Waals surface area contributed by atoms with E-state index < -0.39 is 0 Å². The zero-order valence-corrected chi connectivity index (χ0v) is 13.7. The molecule has 116 valence electrons. The Morgan fingerprint density at radius 2 is 2.14 bits per heavy atom. The van der Waals surface area contributed by atoms with Crippen molar-refractivity contribution in [3.05, 3.63) is 52.0 Å².